The van der Waals surface area contributed by atoms with Gasteiger partial charge in [0, 0.05) is 6.54 Å². The summed E-state index contributed by atoms with van der Waals surface area (Å²) in [5, 5.41) is 72.7. The molecule has 0 spiro atoms. The van der Waals surface area contributed by atoms with Crippen molar-refractivity contribution in [1.29, 1.82) is 0 Å². The minimum Gasteiger partial charge on any atom is -0.395 e. The van der Waals surface area contributed by atoms with Gasteiger partial charge in [-0.15, -0.1) is 0 Å². The van der Waals surface area contributed by atoms with Gasteiger partial charge < -0.3 is 51.0 Å². The average Bonchev–Trinajstić information content (AvgIpc) is 2.51. The van der Waals surface area contributed by atoms with Gasteiger partial charge in [-0.1, -0.05) is 0 Å². The number of piperidine rings is 1. The summed E-state index contributed by atoms with van der Waals surface area (Å²) < 4.78 is 0. The van der Waals surface area contributed by atoms with Gasteiger partial charge in [0.25, 0.3) is 0 Å². The van der Waals surface area contributed by atoms with Crippen LogP contribution in [0.15, 0.2) is 0 Å². The van der Waals surface area contributed by atoms with Crippen molar-refractivity contribution in [3.8, 4) is 0 Å². The third-order valence-corrected chi connectivity index (χ3v) is 3.01. The Labute approximate surface area is 120 Å². The maximum Gasteiger partial charge on any atom is 0.151 e. The Morgan fingerprint density at radius 3 is 2.10 bits per heavy atom. The first-order valence-corrected chi connectivity index (χ1v) is 6.28. The van der Waals surface area contributed by atoms with E-state index < -0.39 is 49.3 Å². The minimum atomic E-state index is -1.64. The maximum atomic E-state index is 9.76. The first-order chi connectivity index (χ1) is 9.79. The topological polar surface area (TPSA) is 191 Å². The van der Waals surface area contributed by atoms with Crippen LogP contribution in [0.5, 0.6) is 0 Å². The molecule has 1 aliphatic heterocycles. The highest BCUT2D eigenvalue weighted by atomic mass is 16.4. The number of carbonyl (C=O) groups excluding carboxylic acids is 1. The molecule has 21 heavy (non-hydrogen) atoms. The Bertz CT molecular complexity index is 291. The van der Waals surface area contributed by atoms with Crippen molar-refractivity contribution in [1.82, 2.24) is 5.32 Å². The van der Waals surface area contributed by atoms with Gasteiger partial charge in [-0.2, -0.15) is 0 Å². The van der Waals surface area contributed by atoms with Gasteiger partial charge in [0.05, 0.1) is 31.5 Å². The molecule has 0 aromatic rings. The van der Waals surface area contributed by atoms with E-state index in [9.17, 15) is 9.90 Å². The number of carbonyl (C=O) groups is 1. The fourth-order valence-electron chi connectivity index (χ4n) is 1.57. The van der Waals surface area contributed by atoms with Crippen LogP contribution >= 0.6 is 0 Å². The fraction of sp³-hybridized carbons (Fsp3) is 0.909. The van der Waals surface area contributed by atoms with Gasteiger partial charge in [-0.05, 0) is 0 Å². The number of β-amino-alcohol motifs (C(OH)–C–C–N with tert-alkyl or cyclic N) is 1. The van der Waals surface area contributed by atoms with Gasteiger partial charge in [0.1, 0.15) is 24.4 Å². The molecule has 1 fully saturated rings. The summed E-state index contributed by atoms with van der Waals surface area (Å²) in [5.74, 6) is 0. The third kappa shape index (κ3) is 6.30. The first kappa shape index (κ1) is 20.3. The van der Waals surface area contributed by atoms with Crippen LogP contribution in [0.1, 0.15) is 0 Å². The van der Waals surface area contributed by atoms with Crippen LogP contribution in [-0.4, -0.2) is 110 Å². The maximum absolute atomic E-state index is 9.76. The molecule has 0 amide bonds. The summed E-state index contributed by atoms with van der Waals surface area (Å²) in [4.78, 5) is 9.76. The zero-order chi connectivity index (χ0) is 16.6. The van der Waals surface area contributed by atoms with Crippen molar-refractivity contribution < 1.29 is 45.6 Å². The minimum absolute atomic E-state index is 0.0869. The number of nitrogens with one attached hydrogen (secondary N) is 1. The number of hydrogen-bond acceptors (Lipinski definition) is 10. The highest BCUT2D eigenvalue weighted by Crippen LogP contribution is 2.09. The molecule has 9 N–H and O–H groups in total. The normalized spacial score (nSPS) is 33.3. The summed E-state index contributed by atoms with van der Waals surface area (Å²) in [6.07, 6.45) is -7.83. The fourth-order valence-corrected chi connectivity index (χ4v) is 1.57. The number of aliphatic hydroxyl groups is 8. The molecule has 1 heterocycles. The van der Waals surface area contributed by atoms with E-state index in [2.05, 4.69) is 5.32 Å². The number of rotatable bonds is 5. The molecule has 0 aromatic carbocycles. The Hall–Kier alpha value is -0.690. The third-order valence-electron chi connectivity index (χ3n) is 3.01. The summed E-state index contributed by atoms with van der Waals surface area (Å²) >= 11 is 0. The van der Waals surface area contributed by atoms with Crippen LogP contribution in [0, 0.1) is 0 Å². The number of aliphatic hydroxyl groups excluding tert-OH is 8. The van der Waals surface area contributed by atoms with Gasteiger partial charge in [-0.3, -0.25) is 0 Å². The van der Waals surface area contributed by atoms with E-state index in [1.54, 1.807) is 0 Å². The molecule has 0 aromatic heterocycles. The summed E-state index contributed by atoms with van der Waals surface area (Å²) in [7, 11) is 0. The molecule has 0 bridgehead atoms. The van der Waals surface area contributed by atoms with Gasteiger partial charge in [-0.25, -0.2) is 0 Å². The molecule has 10 nitrogen and oxygen atoms in total. The quantitative estimate of drug-likeness (QED) is 0.221. The lowest BCUT2D eigenvalue weighted by Crippen LogP contribution is -2.60. The van der Waals surface area contributed by atoms with E-state index in [-0.39, 0.29) is 19.4 Å². The molecule has 10 heteroatoms. The Kier molecular flexibility index (Phi) is 9.77. The second kappa shape index (κ2) is 10.1. The Morgan fingerprint density at radius 2 is 1.67 bits per heavy atom. The Morgan fingerprint density at radius 1 is 1.10 bits per heavy atom. The van der Waals surface area contributed by atoms with E-state index in [4.69, 9.17) is 35.7 Å². The average molecular weight is 313 g/mol. The van der Waals surface area contributed by atoms with Gasteiger partial charge in [0.2, 0.25) is 0 Å². The van der Waals surface area contributed by atoms with Crippen molar-refractivity contribution in [2.24, 2.45) is 0 Å². The second-order valence-electron chi connectivity index (χ2n) is 4.61. The second-order valence-corrected chi connectivity index (χ2v) is 4.61. The molecule has 0 radical (unpaired) electrons. The summed E-state index contributed by atoms with van der Waals surface area (Å²) in [6.45, 7) is -0.736. The van der Waals surface area contributed by atoms with Crippen LogP contribution in [0.3, 0.4) is 0 Å². The summed E-state index contributed by atoms with van der Waals surface area (Å²) in [6, 6.07) is -0.534. The predicted molar refractivity (Wildman–Crippen MR) is 68.1 cm³/mol. The predicted octanol–water partition coefficient (Wildman–Crippen LogP) is -5.71. The highest BCUT2D eigenvalue weighted by Gasteiger charge is 2.35. The van der Waals surface area contributed by atoms with Crippen molar-refractivity contribution >= 4 is 6.29 Å². The SMILES string of the molecule is O=C[C@@H](O)[C@H](O)[C@H](O)CO.OC[C@H]1NC[C@H](O)[C@@H](O)[C@@H]1O. The molecule has 1 saturated heterocycles. The van der Waals surface area contributed by atoms with Crippen molar-refractivity contribution in [3.05, 3.63) is 0 Å². The lowest BCUT2D eigenvalue weighted by atomic mass is 9.97. The van der Waals surface area contributed by atoms with Gasteiger partial charge in [0.15, 0.2) is 6.29 Å². The van der Waals surface area contributed by atoms with Crippen molar-refractivity contribution in [2.75, 3.05) is 19.8 Å². The molecular formula is C11H23NO9. The first-order valence-electron chi connectivity index (χ1n) is 6.28. The summed E-state index contributed by atoms with van der Waals surface area (Å²) in [5.41, 5.74) is 0. The molecular weight excluding hydrogens is 290 g/mol. The van der Waals surface area contributed by atoms with Crippen LogP contribution in [0.2, 0.25) is 0 Å². The monoisotopic (exact) mass is 313 g/mol. The zero-order valence-corrected chi connectivity index (χ0v) is 11.2. The van der Waals surface area contributed by atoms with E-state index in [0.29, 0.717) is 0 Å². The van der Waals surface area contributed by atoms with E-state index >= 15 is 0 Å². The van der Waals surface area contributed by atoms with Crippen LogP contribution in [-0.2, 0) is 4.79 Å². The molecule has 126 valence electrons. The standard InChI is InChI=1S/C6H13NO4.C5H10O5/c8-2-3-5(10)6(11)4(9)1-7-3;6-1-3(8)5(10)4(9)2-7/h3-11H,1-2H2;1,3-5,7-10H,2H2/t3-,4+,5-,6-;3-,4-,5+/m11/s1. The number of aldehydes is 1. The zero-order valence-electron chi connectivity index (χ0n) is 11.2. The van der Waals surface area contributed by atoms with E-state index in [0.717, 1.165) is 0 Å². The van der Waals surface area contributed by atoms with Crippen LogP contribution in [0.25, 0.3) is 0 Å². The van der Waals surface area contributed by atoms with E-state index in [1.165, 1.54) is 0 Å². The van der Waals surface area contributed by atoms with Crippen molar-refractivity contribution in [3.63, 3.8) is 0 Å². The molecule has 7 atom stereocenters. The Balaban J connectivity index is 0.000000384. The highest BCUT2D eigenvalue weighted by molar-refractivity contribution is 5.56. The molecule has 1 rings (SSSR count). The van der Waals surface area contributed by atoms with Crippen LogP contribution < -0.4 is 5.32 Å². The van der Waals surface area contributed by atoms with Crippen molar-refractivity contribution in [2.45, 2.75) is 42.7 Å². The molecule has 0 saturated carbocycles. The smallest absolute Gasteiger partial charge is 0.151 e. The molecule has 1 aliphatic rings. The number of hydrogen-bond donors (Lipinski definition) is 9. The molecule has 0 unspecified atom stereocenters. The van der Waals surface area contributed by atoms with Gasteiger partial charge >= 0.3 is 0 Å². The van der Waals surface area contributed by atoms with Crippen LogP contribution in [0.4, 0.5) is 0 Å². The largest absolute Gasteiger partial charge is 0.395 e. The molecule has 0 aliphatic carbocycles. The lowest BCUT2D eigenvalue weighted by molar-refractivity contribution is -0.127. The lowest BCUT2D eigenvalue weighted by Gasteiger charge is -2.34. The van der Waals surface area contributed by atoms with E-state index in [1.807, 2.05) is 0 Å².